The number of carboxylic acids is 1. The molecule has 0 bridgehead atoms. The number of rotatable bonds is 14. The number of ether oxygens (including phenoxy) is 1. The summed E-state index contributed by atoms with van der Waals surface area (Å²) in [6, 6.07) is 0. The van der Waals surface area contributed by atoms with Crippen molar-refractivity contribution in [3.05, 3.63) is 0 Å². The van der Waals surface area contributed by atoms with Crippen molar-refractivity contribution < 1.29 is 19.4 Å². The minimum absolute atomic E-state index is 0.00395. The zero-order chi connectivity index (χ0) is 20.9. The Kier molecular flexibility index (Phi) is 12.5. The predicted octanol–water partition coefficient (Wildman–Crippen LogP) is 6.61. The zero-order valence-electron chi connectivity index (χ0n) is 18.8. The van der Waals surface area contributed by atoms with Crippen molar-refractivity contribution in [2.75, 3.05) is 0 Å². The molecule has 0 amide bonds. The fourth-order valence-corrected chi connectivity index (χ4v) is 4.13. The molecule has 1 rings (SSSR count). The highest BCUT2D eigenvalue weighted by Crippen LogP contribution is 2.30. The Morgan fingerprint density at radius 1 is 0.786 bits per heavy atom. The van der Waals surface area contributed by atoms with Crippen molar-refractivity contribution in [3.63, 3.8) is 0 Å². The highest BCUT2D eigenvalue weighted by atomic mass is 16.5. The molecular weight excluding hydrogens is 352 g/mol. The van der Waals surface area contributed by atoms with Gasteiger partial charge in [-0.1, -0.05) is 72.6 Å². The van der Waals surface area contributed by atoms with Crippen LogP contribution in [0.2, 0.25) is 0 Å². The van der Waals surface area contributed by atoms with Gasteiger partial charge in [0.1, 0.15) is 6.10 Å². The molecule has 0 aromatic rings. The molecule has 1 atom stereocenters. The Balaban J connectivity index is 2.18. The van der Waals surface area contributed by atoms with Crippen molar-refractivity contribution >= 4 is 11.9 Å². The topological polar surface area (TPSA) is 63.6 Å². The summed E-state index contributed by atoms with van der Waals surface area (Å²) in [5, 5.41) is 9.09. The van der Waals surface area contributed by atoms with Gasteiger partial charge < -0.3 is 9.84 Å². The summed E-state index contributed by atoms with van der Waals surface area (Å²) in [5.41, 5.74) is 0. The molecule has 4 nitrogen and oxygen atoms in total. The highest BCUT2D eigenvalue weighted by Gasteiger charge is 2.32. The number of carbonyl (C=O) groups excluding carboxylic acids is 1. The van der Waals surface area contributed by atoms with Crippen molar-refractivity contribution in [2.24, 2.45) is 23.7 Å². The van der Waals surface area contributed by atoms with Crippen LogP contribution < -0.4 is 0 Å². The van der Waals surface area contributed by atoms with Crippen molar-refractivity contribution in [1.29, 1.82) is 0 Å². The van der Waals surface area contributed by atoms with E-state index in [-0.39, 0.29) is 23.9 Å². The van der Waals surface area contributed by atoms with Gasteiger partial charge in [0, 0.05) is 0 Å². The van der Waals surface area contributed by atoms with Gasteiger partial charge in [0.2, 0.25) is 0 Å². The van der Waals surface area contributed by atoms with Crippen LogP contribution in [0.15, 0.2) is 0 Å². The highest BCUT2D eigenvalue weighted by molar-refractivity contribution is 5.74. The van der Waals surface area contributed by atoms with E-state index in [4.69, 9.17) is 9.84 Å². The minimum atomic E-state index is -0.730. The molecule has 4 heteroatoms. The van der Waals surface area contributed by atoms with E-state index in [0.717, 1.165) is 18.8 Å². The molecule has 1 aliphatic rings. The molecule has 0 aromatic heterocycles. The maximum atomic E-state index is 12.5. The molecule has 0 saturated heterocycles. The lowest BCUT2D eigenvalue weighted by atomic mass is 9.82. The predicted molar refractivity (Wildman–Crippen MR) is 114 cm³/mol. The number of hydrogen-bond acceptors (Lipinski definition) is 3. The maximum absolute atomic E-state index is 12.5. The summed E-state index contributed by atoms with van der Waals surface area (Å²) >= 11 is 0. The molecule has 1 fully saturated rings. The normalized spacial score (nSPS) is 21.1. The summed E-state index contributed by atoms with van der Waals surface area (Å²) in [4.78, 5) is 23.6. The molecule has 0 heterocycles. The molecular formula is C24H44O4. The van der Waals surface area contributed by atoms with Crippen LogP contribution in [0.5, 0.6) is 0 Å². The van der Waals surface area contributed by atoms with Crippen LogP contribution in [0.1, 0.15) is 111 Å². The Bertz CT molecular complexity index is 436. The van der Waals surface area contributed by atoms with E-state index in [0.29, 0.717) is 31.6 Å². The summed E-state index contributed by atoms with van der Waals surface area (Å²) < 4.78 is 5.84. The Morgan fingerprint density at radius 3 is 1.71 bits per heavy atom. The molecule has 1 N–H and O–H groups in total. The zero-order valence-corrected chi connectivity index (χ0v) is 18.8. The van der Waals surface area contributed by atoms with Gasteiger partial charge in [-0.15, -0.1) is 0 Å². The van der Waals surface area contributed by atoms with Crippen molar-refractivity contribution in [1.82, 2.24) is 0 Å². The third-order valence-corrected chi connectivity index (χ3v) is 6.19. The van der Waals surface area contributed by atoms with Crippen LogP contribution in [0.25, 0.3) is 0 Å². The number of esters is 1. The molecule has 28 heavy (non-hydrogen) atoms. The van der Waals surface area contributed by atoms with Gasteiger partial charge in [0.05, 0.1) is 11.8 Å². The first-order valence-electron chi connectivity index (χ1n) is 11.7. The van der Waals surface area contributed by atoms with Crippen LogP contribution >= 0.6 is 0 Å². The van der Waals surface area contributed by atoms with E-state index in [2.05, 4.69) is 27.7 Å². The summed E-state index contributed by atoms with van der Waals surface area (Å²) in [7, 11) is 0. The van der Waals surface area contributed by atoms with Crippen LogP contribution in [-0.2, 0) is 14.3 Å². The van der Waals surface area contributed by atoms with E-state index in [1.165, 1.54) is 44.9 Å². The lowest BCUT2D eigenvalue weighted by Gasteiger charge is -2.28. The summed E-state index contributed by atoms with van der Waals surface area (Å²) in [6.45, 7) is 8.82. The quantitative estimate of drug-likeness (QED) is 0.265. The van der Waals surface area contributed by atoms with Gasteiger partial charge in [-0.25, -0.2) is 0 Å². The number of carbonyl (C=O) groups is 2. The first-order chi connectivity index (χ1) is 13.3. The van der Waals surface area contributed by atoms with E-state index >= 15 is 0 Å². The molecule has 1 unspecified atom stereocenters. The van der Waals surface area contributed by atoms with Crippen molar-refractivity contribution in [3.8, 4) is 0 Å². The lowest BCUT2D eigenvalue weighted by Crippen LogP contribution is -2.31. The molecule has 0 radical (unpaired) electrons. The number of unbranched alkanes of at least 4 members (excludes halogenated alkanes) is 6. The van der Waals surface area contributed by atoms with Crippen LogP contribution in [0.4, 0.5) is 0 Å². The summed E-state index contributed by atoms with van der Waals surface area (Å²) in [6.07, 6.45) is 13.8. The molecule has 164 valence electrons. The van der Waals surface area contributed by atoms with Crippen molar-refractivity contribution in [2.45, 2.75) is 117 Å². The lowest BCUT2D eigenvalue weighted by molar-refractivity contribution is -0.159. The largest absolute Gasteiger partial charge is 0.481 e. The maximum Gasteiger partial charge on any atom is 0.309 e. The number of aliphatic carboxylic acids is 1. The van der Waals surface area contributed by atoms with Crippen LogP contribution in [0.3, 0.4) is 0 Å². The van der Waals surface area contributed by atoms with E-state index in [1.54, 1.807) is 0 Å². The Hall–Kier alpha value is -1.06. The van der Waals surface area contributed by atoms with E-state index in [9.17, 15) is 9.59 Å². The van der Waals surface area contributed by atoms with Gasteiger partial charge >= 0.3 is 11.9 Å². The van der Waals surface area contributed by atoms with Gasteiger partial charge in [-0.3, -0.25) is 9.59 Å². The molecule has 0 aliphatic heterocycles. The van der Waals surface area contributed by atoms with Gasteiger partial charge in [0.25, 0.3) is 0 Å². The fraction of sp³-hybridized carbons (Fsp3) is 0.917. The average Bonchev–Trinajstić information content (AvgIpc) is 2.65. The smallest absolute Gasteiger partial charge is 0.309 e. The Morgan fingerprint density at radius 2 is 1.25 bits per heavy atom. The second kappa shape index (κ2) is 14.0. The first-order valence-corrected chi connectivity index (χ1v) is 11.7. The van der Waals surface area contributed by atoms with E-state index in [1.807, 2.05) is 0 Å². The molecule has 1 aliphatic carbocycles. The first kappa shape index (κ1) is 25.0. The molecule has 0 spiro atoms. The SMILES string of the molecule is CC(C)CCCCCCCCCC(OC(=O)C1CCC(C(=O)O)CC1)C(C)C. The van der Waals surface area contributed by atoms with Gasteiger partial charge in [-0.05, 0) is 50.4 Å². The molecule has 0 aromatic carbocycles. The second-order valence-electron chi connectivity index (χ2n) is 9.55. The van der Waals surface area contributed by atoms with Gasteiger partial charge in [0.15, 0.2) is 0 Å². The average molecular weight is 397 g/mol. The standard InChI is InChI=1S/C24H44O4/c1-18(2)12-10-8-6-5-7-9-11-13-22(19(3)4)28-24(27)21-16-14-20(15-17-21)23(25)26/h18-22H,5-17H2,1-4H3,(H,25,26). The number of carboxylic acid groups (broad SMARTS) is 1. The van der Waals surface area contributed by atoms with Gasteiger partial charge in [-0.2, -0.15) is 0 Å². The third kappa shape index (κ3) is 10.5. The third-order valence-electron chi connectivity index (χ3n) is 6.19. The monoisotopic (exact) mass is 396 g/mol. The van der Waals surface area contributed by atoms with E-state index < -0.39 is 5.97 Å². The Labute approximate surface area is 172 Å². The summed E-state index contributed by atoms with van der Waals surface area (Å²) in [5.74, 6) is -0.0734. The van der Waals surface area contributed by atoms with Crippen LogP contribution in [-0.4, -0.2) is 23.1 Å². The minimum Gasteiger partial charge on any atom is -0.481 e. The second-order valence-corrected chi connectivity index (χ2v) is 9.55. The molecule has 1 saturated carbocycles. The fourth-order valence-electron chi connectivity index (χ4n) is 4.13. The van der Waals surface area contributed by atoms with Crippen LogP contribution in [0, 0.1) is 23.7 Å². The number of hydrogen-bond donors (Lipinski definition) is 1.